The number of rotatable bonds is 7. The number of nitrogens with one attached hydrogen (secondary N) is 1. The standard InChI is InChI=1S/C22H24N4O2/c1-15-4-6-17(7-5-15)8-13-20(28)14-21-24-25-22(26(21)3)18-9-11-19(12-10-18)23-16(2)27/h4-7,9-12H,8,13-14H2,1-3H3,(H,23,27). The third-order valence-electron chi connectivity index (χ3n) is 4.60. The average Bonchev–Trinajstić information content (AvgIpc) is 3.02. The molecule has 0 aliphatic rings. The SMILES string of the molecule is CC(=O)Nc1ccc(-c2nnc(CC(=O)CCc3ccc(C)cc3)n2C)cc1. The monoisotopic (exact) mass is 376 g/mol. The minimum atomic E-state index is -0.113. The van der Waals surface area contributed by atoms with E-state index in [9.17, 15) is 9.59 Å². The van der Waals surface area contributed by atoms with E-state index in [-0.39, 0.29) is 18.1 Å². The van der Waals surface area contributed by atoms with Crippen LogP contribution in [0, 0.1) is 6.92 Å². The maximum atomic E-state index is 12.4. The van der Waals surface area contributed by atoms with Crippen molar-refractivity contribution in [2.75, 3.05) is 5.32 Å². The summed E-state index contributed by atoms with van der Waals surface area (Å²) in [4.78, 5) is 23.5. The molecule has 144 valence electrons. The van der Waals surface area contributed by atoms with E-state index in [1.54, 1.807) is 0 Å². The number of carbonyl (C=O) groups is 2. The van der Waals surface area contributed by atoms with Gasteiger partial charge in [0.25, 0.3) is 0 Å². The van der Waals surface area contributed by atoms with Crippen molar-refractivity contribution in [3.8, 4) is 11.4 Å². The van der Waals surface area contributed by atoms with Gasteiger partial charge < -0.3 is 9.88 Å². The number of hydrogen-bond acceptors (Lipinski definition) is 4. The molecule has 0 aliphatic carbocycles. The van der Waals surface area contributed by atoms with E-state index in [1.807, 2.05) is 42.8 Å². The highest BCUT2D eigenvalue weighted by atomic mass is 16.1. The first-order chi connectivity index (χ1) is 13.4. The van der Waals surface area contributed by atoms with Crippen LogP contribution in [0.25, 0.3) is 11.4 Å². The highest BCUT2D eigenvalue weighted by molar-refractivity contribution is 5.88. The van der Waals surface area contributed by atoms with Gasteiger partial charge in [-0.3, -0.25) is 9.59 Å². The van der Waals surface area contributed by atoms with E-state index in [0.717, 1.165) is 23.2 Å². The van der Waals surface area contributed by atoms with E-state index in [4.69, 9.17) is 0 Å². The predicted molar refractivity (Wildman–Crippen MR) is 109 cm³/mol. The molecule has 0 aliphatic heterocycles. The second-order valence-corrected chi connectivity index (χ2v) is 6.96. The van der Waals surface area contributed by atoms with Gasteiger partial charge in [0.2, 0.25) is 5.91 Å². The Bertz CT molecular complexity index is 973. The number of benzene rings is 2. The van der Waals surface area contributed by atoms with Gasteiger partial charge >= 0.3 is 0 Å². The van der Waals surface area contributed by atoms with Crippen molar-refractivity contribution in [2.45, 2.75) is 33.1 Å². The number of ketones is 1. The van der Waals surface area contributed by atoms with Crippen molar-refractivity contribution in [3.63, 3.8) is 0 Å². The molecular weight excluding hydrogens is 352 g/mol. The highest BCUT2D eigenvalue weighted by Gasteiger charge is 2.14. The second-order valence-electron chi connectivity index (χ2n) is 6.96. The van der Waals surface area contributed by atoms with Gasteiger partial charge in [-0.25, -0.2) is 0 Å². The number of aromatic nitrogens is 3. The third-order valence-corrected chi connectivity index (χ3v) is 4.60. The minimum Gasteiger partial charge on any atom is -0.326 e. The molecule has 0 bridgehead atoms. The Labute approximate surface area is 164 Å². The zero-order valence-electron chi connectivity index (χ0n) is 16.4. The molecule has 2 aromatic carbocycles. The van der Waals surface area contributed by atoms with Crippen LogP contribution in [0.1, 0.15) is 30.3 Å². The smallest absolute Gasteiger partial charge is 0.221 e. The van der Waals surface area contributed by atoms with Crippen molar-refractivity contribution >= 4 is 17.4 Å². The van der Waals surface area contributed by atoms with Crippen LogP contribution in [-0.2, 0) is 29.5 Å². The zero-order valence-corrected chi connectivity index (χ0v) is 16.4. The summed E-state index contributed by atoms with van der Waals surface area (Å²) in [6.45, 7) is 3.52. The number of Topliss-reactive ketones (excluding diaryl/α,β-unsaturated/α-hetero) is 1. The van der Waals surface area contributed by atoms with Crippen molar-refractivity contribution in [1.29, 1.82) is 0 Å². The summed E-state index contributed by atoms with van der Waals surface area (Å²) in [6, 6.07) is 15.6. The number of nitrogens with zero attached hydrogens (tertiary/aromatic N) is 3. The number of amides is 1. The van der Waals surface area contributed by atoms with Crippen LogP contribution in [-0.4, -0.2) is 26.5 Å². The summed E-state index contributed by atoms with van der Waals surface area (Å²) in [5, 5.41) is 11.2. The number of aryl methyl sites for hydroxylation is 2. The summed E-state index contributed by atoms with van der Waals surface area (Å²) >= 11 is 0. The molecule has 28 heavy (non-hydrogen) atoms. The van der Waals surface area contributed by atoms with Gasteiger partial charge in [-0.15, -0.1) is 10.2 Å². The average molecular weight is 376 g/mol. The van der Waals surface area contributed by atoms with Crippen LogP contribution in [0.5, 0.6) is 0 Å². The number of anilines is 1. The molecule has 1 N–H and O–H groups in total. The Morgan fingerprint density at radius 3 is 2.32 bits per heavy atom. The molecule has 1 aromatic heterocycles. The summed E-state index contributed by atoms with van der Waals surface area (Å²) in [5.74, 6) is 1.37. The first-order valence-corrected chi connectivity index (χ1v) is 9.26. The molecule has 6 heteroatoms. The van der Waals surface area contributed by atoms with Crippen molar-refractivity contribution in [3.05, 3.63) is 65.5 Å². The van der Waals surface area contributed by atoms with E-state index in [0.29, 0.717) is 18.1 Å². The fourth-order valence-electron chi connectivity index (χ4n) is 2.98. The summed E-state index contributed by atoms with van der Waals surface area (Å²) < 4.78 is 1.84. The van der Waals surface area contributed by atoms with Crippen LogP contribution >= 0.6 is 0 Å². The van der Waals surface area contributed by atoms with E-state index < -0.39 is 0 Å². The lowest BCUT2D eigenvalue weighted by Gasteiger charge is -2.06. The predicted octanol–water partition coefficient (Wildman–Crippen LogP) is 3.49. The second kappa shape index (κ2) is 8.61. The van der Waals surface area contributed by atoms with Crippen LogP contribution < -0.4 is 5.32 Å². The fraction of sp³-hybridized carbons (Fsp3) is 0.273. The first kappa shape index (κ1) is 19.5. The maximum Gasteiger partial charge on any atom is 0.221 e. The summed E-state index contributed by atoms with van der Waals surface area (Å²) in [5.41, 5.74) is 3.98. The zero-order chi connectivity index (χ0) is 20.1. The van der Waals surface area contributed by atoms with Crippen molar-refractivity contribution in [2.24, 2.45) is 7.05 Å². The Morgan fingerprint density at radius 2 is 1.68 bits per heavy atom. The molecular formula is C22H24N4O2. The first-order valence-electron chi connectivity index (χ1n) is 9.26. The van der Waals surface area contributed by atoms with Crippen LogP contribution in [0.15, 0.2) is 48.5 Å². The minimum absolute atomic E-state index is 0.113. The molecule has 3 rings (SSSR count). The number of carbonyl (C=O) groups excluding carboxylic acids is 2. The Balaban J connectivity index is 1.63. The van der Waals surface area contributed by atoms with Crippen LogP contribution in [0.4, 0.5) is 5.69 Å². The largest absolute Gasteiger partial charge is 0.326 e. The van der Waals surface area contributed by atoms with Crippen LogP contribution in [0.3, 0.4) is 0 Å². The molecule has 3 aromatic rings. The van der Waals surface area contributed by atoms with E-state index in [1.165, 1.54) is 12.5 Å². The van der Waals surface area contributed by atoms with Gasteiger partial charge in [-0.05, 0) is 43.2 Å². The Morgan fingerprint density at radius 1 is 1.00 bits per heavy atom. The van der Waals surface area contributed by atoms with Gasteiger partial charge in [0.1, 0.15) is 11.6 Å². The van der Waals surface area contributed by atoms with E-state index >= 15 is 0 Å². The molecule has 0 spiro atoms. The Hall–Kier alpha value is -3.28. The van der Waals surface area contributed by atoms with Gasteiger partial charge in [0, 0.05) is 31.6 Å². The topological polar surface area (TPSA) is 76.9 Å². The van der Waals surface area contributed by atoms with Gasteiger partial charge in [0.05, 0.1) is 6.42 Å². The quantitative estimate of drug-likeness (QED) is 0.685. The molecule has 0 atom stereocenters. The van der Waals surface area contributed by atoms with Crippen molar-refractivity contribution < 1.29 is 9.59 Å². The fourth-order valence-corrected chi connectivity index (χ4v) is 2.98. The molecule has 0 saturated carbocycles. The molecule has 0 radical (unpaired) electrons. The lowest BCUT2D eigenvalue weighted by Crippen LogP contribution is -2.09. The highest BCUT2D eigenvalue weighted by Crippen LogP contribution is 2.20. The lowest BCUT2D eigenvalue weighted by atomic mass is 10.0. The summed E-state index contributed by atoms with van der Waals surface area (Å²) in [7, 11) is 1.86. The lowest BCUT2D eigenvalue weighted by molar-refractivity contribution is -0.118. The molecule has 1 amide bonds. The van der Waals surface area contributed by atoms with Crippen molar-refractivity contribution in [1.82, 2.24) is 14.8 Å². The van der Waals surface area contributed by atoms with E-state index in [2.05, 4.69) is 39.8 Å². The van der Waals surface area contributed by atoms with Gasteiger partial charge in [0.15, 0.2) is 5.82 Å². The normalized spacial score (nSPS) is 10.7. The molecule has 0 fully saturated rings. The Kier molecular flexibility index (Phi) is 5.99. The molecule has 1 heterocycles. The number of hydrogen-bond donors (Lipinski definition) is 1. The van der Waals surface area contributed by atoms with Crippen LogP contribution in [0.2, 0.25) is 0 Å². The summed E-state index contributed by atoms with van der Waals surface area (Å²) in [6.07, 6.45) is 1.48. The maximum absolute atomic E-state index is 12.4. The molecule has 0 unspecified atom stereocenters. The molecule has 6 nitrogen and oxygen atoms in total. The van der Waals surface area contributed by atoms with Gasteiger partial charge in [-0.1, -0.05) is 29.8 Å². The molecule has 0 saturated heterocycles. The van der Waals surface area contributed by atoms with Gasteiger partial charge in [-0.2, -0.15) is 0 Å². The third kappa shape index (κ3) is 4.91.